The minimum Gasteiger partial charge on any atom is -0.370 e. The molecule has 2 heterocycles. The van der Waals surface area contributed by atoms with E-state index < -0.39 is 0 Å². The number of nitrogens with zero attached hydrogens (tertiary/aromatic N) is 3. The van der Waals surface area contributed by atoms with E-state index in [0.717, 1.165) is 30.4 Å². The molecule has 0 saturated carbocycles. The van der Waals surface area contributed by atoms with Crippen LogP contribution in [0.1, 0.15) is 44.9 Å². The zero-order valence-corrected chi connectivity index (χ0v) is 14.5. The molecule has 1 aliphatic rings. The van der Waals surface area contributed by atoms with Gasteiger partial charge in [0.15, 0.2) is 0 Å². The van der Waals surface area contributed by atoms with Crippen LogP contribution in [0.4, 0.5) is 17.2 Å². The first-order valence-corrected chi connectivity index (χ1v) is 8.67. The summed E-state index contributed by atoms with van der Waals surface area (Å²) < 4.78 is 0. The summed E-state index contributed by atoms with van der Waals surface area (Å²) in [5, 5.41) is 3.90. The van der Waals surface area contributed by atoms with E-state index in [2.05, 4.69) is 52.2 Å². The highest BCUT2D eigenvalue weighted by Crippen LogP contribution is 2.31. The Balaban J connectivity index is 1.88. The van der Waals surface area contributed by atoms with Gasteiger partial charge in [-0.2, -0.15) is 0 Å². The number of benzene rings is 1. The van der Waals surface area contributed by atoms with Crippen LogP contribution < -0.4 is 10.2 Å². The molecular weight excluding hydrogens is 308 g/mol. The van der Waals surface area contributed by atoms with Gasteiger partial charge in [-0.25, -0.2) is 9.97 Å². The van der Waals surface area contributed by atoms with E-state index in [0.29, 0.717) is 5.15 Å². The van der Waals surface area contributed by atoms with Gasteiger partial charge in [0, 0.05) is 25.1 Å². The second kappa shape index (κ2) is 7.18. The smallest absolute Gasteiger partial charge is 0.135 e. The summed E-state index contributed by atoms with van der Waals surface area (Å²) in [6.07, 6.45) is 3.84. The van der Waals surface area contributed by atoms with Crippen LogP contribution in [-0.2, 0) is 0 Å². The average Bonchev–Trinajstić information content (AvgIpc) is 2.55. The second-order valence-electron chi connectivity index (χ2n) is 6.28. The molecule has 1 saturated heterocycles. The summed E-state index contributed by atoms with van der Waals surface area (Å²) in [7, 11) is 0. The number of piperidine rings is 1. The molecule has 122 valence electrons. The molecule has 5 heteroatoms. The Morgan fingerprint density at radius 1 is 1.09 bits per heavy atom. The van der Waals surface area contributed by atoms with E-state index in [4.69, 9.17) is 11.6 Å². The molecule has 0 atom stereocenters. The Kier molecular flexibility index (Phi) is 5.01. The number of anilines is 3. The zero-order chi connectivity index (χ0) is 16.2. The molecule has 3 rings (SSSR count). The minimum atomic E-state index is 0.242. The van der Waals surface area contributed by atoms with E-state index >= 15 is 0 Å². The minimum absolute atomic E-state index is 0.242. The Morgan fingerprint density at radius 2 is 1.83 bits per heavy atom. The molecule has 0 radical (unpaired) electrons. The lowest BCUT2D eigenvalue weighted by Crippen LogP contribution is -2.29. The van der Waals surface area contributed by atoms with Crippen molar-refractivity contribution in [1.29, 1.82) is 0 Å². The highest BCUT2D eigenvalue weighted by molar-refractivity contribution is 6.29. The molecule has 2 aromatic rings. The van der Waals surface area contributed by atoms with Gasteiger partial charge in [-0.3, -0.25) is 0 Å². The zero-order valence-electron chi connectivity index (χ0n) is 13.7. The number of rotatable bonds is 4. The molecule has 4 nitrogen and oxygen atoms in total. The third kappa shape index (κ3) is 3.94. The normalized spacial score (nSPS) is 15.0. The van der Waals surface area contributed by atoms with Crippen LogP contribution in [0, 0.1) is 0 Å². The summed E-state index contributed by atoms with van der Waals surface area (Å²) in [6.45, 7) is 6.36. The number of aromatic nitrogens is 2. The first-order chi connectivity index (χ1) is 11.1. The maximum absolute atomic E-state index is 6.15. The van der Waals surface area contributed by atoms with Gasteiger partial charge in [0.1, 0.15) is 16.8 Å². The summed E-state index contributed by atoms with van der Waals surface area (Å²) in [5.41, 5.74) is 2.30. The molecule has 0 amide bonds. The van der Waals surface area contributed by atoms with E-state index in [1.165, 1.54) is 24.9 Å². The van der Waals surface area contributed by atoms with Crippen molar-refractivity contribution in [3.63, 3.8) is 0 Å². The third-order valence-corrected chi connectivity index (χ3v) is 4.29. The van der Waals surface area contributed by atoms with E-state index in [-0.39, 0.29) is 5.92 Å². The molecule has 1 aromatic heterocycles. The molecule has 0 spiro atoms. The molecule has 23 heavy (non-hydrogen) atoms. The Bertz CT molecular complexity index is 666. The number of para-hydroxylation sites is 2. The molecule has 1 fully saturated rings. The van der Waals surface area contributed by atoms with E-state index in [9.17, 15) is 0 Å². The van der Waals surface area contributed by atoms with E-state index in [1.807, 2.05) is 6.07 Å². The van der Waals surface area contributed by atoms with Crippen LogP contribution in [0.25, 0.3) is 0 Å². The number of nitrogens with one attached hydrogen (secondary N) is 1. The first kappa shape index (κ1) is 16.1. The van der Waals surface area contributed by atoms with Crippen molar-refractivity contribution in [2.75, 3.05) is 23.3 Å². The van der Waals surface area contributed by atoms with Gasteiger partial charge in [-0.1, -0.05) is 37.6 Å². The number of halogens is 1. The van der Waals surface area contributed by atoms with Gasteiger partial charge in [0.05, 0.1) is 11.4 Å². The largest absolute Gasteiger partial charge is 0.370 e. The quantitative estimate of drug-likeness (QED) is 0.802. The van der Waals surface area contributed by atoms with Crippen molar-refractivity contribution >= 4 is 28.8 Å². The second-order valence-corrected chi connectivity index (χ2v) is 6.67. The van der Waals surface area contributed by atoms with E-state index in [1.54, 1.807) is 6.07 Å². The van der Waals surface area contributed by atoms with Gasteiger partial charge in [-0.15, -0.1) is 0 Å². The molecule has 0 unspecified atom stereocenters. The third-order valence-electron chi connectivity index (χ3n) is 4.09. The highest BCUT2D eigenvalue weighted by Gasteiger charge is 2.15. The highest BCUT2D eigenvalue weighted by atomic mass is 35.5. The molecule has 0 aliphatic carbocycles. The lowest BCUT2D eigenvalue weighted by atomic mass is 10.1. The molecule has 1 N–H and O–H groups in total. The summed E-state index contributed by atoms with van der Waals surface area (Å²) in [4.78, 5) is 11.3. The molecule has 1 aromatic carbocycles. The Morgan fingerprint density at radius 3 is 2.57 bits per heavy atom. The lowest BCUT2D eigenvalue weighted by Gasteiger charge is -2.30. The van der Waals surface area contributed by atoms with Crippen molar-refractivity contribution in [2.24, 2.45) is 0 Å². The van der Waals surface area contributed by atoms with Crippen molar-refractivity contribution in [3.05, 3.63) is 41.3 Å². The average molecular weight is 331 g/mol. The fourth-order valence-corrected chi connectivity index (χ4v) is 3.08. The maximum atomic E-state index is 6.15. The van der Waals surface area contributed by atoms with Gasteiger partial charge >= 0.3 is 0 Å². The lowest BCUT2D eigenvalue weighted by molar-refractivity contribution is 0.578. The molecule has 1 aliphatic heterocycles. The fraction of sp³-hybridized carbons (Fsp3) is 0.444. The van der Waals surface area contributed by atoms with Gasteiger partial charge in [0.25, 0.3) is 0 Å². The van der Waals surface area contributed by atoms with Crippen LogP contribution in [0.5, 0.6) is 0 Å². The summed E-state index contributed by atoms with van der Waals surface area (Å²) >= 11 is 6.15. The van der Waals surface area contributed by atoms with Crippen molar-refractivity contribution in [1.82, 2.24) is 9.97 Å². The first-order valence-electron chi connectivity index (χ1n) is 8.29. The van der Waals surface area contributed by atoms with Crippen LogP contribution in [0.3, 0.4) is 0 Å². The van der Waals surface area contributed by atoms with Crippen molar-refractivity contribution < 1.29 is 0 Å². The van der Waals surface area contributed by atoms with Gasteiger partial charge in [0.2, 0.25) is 0 Å². The number of hydrogen-bond acceptors (Lipinski definition) is 4. The SMILES string of the molecule is CC(C)c1nc(Cl)cc(Nc2ccccc2N2CCCCC2)n1. The van der Waals surface area contributed by atoms with Crippen LogP contribution in [0.15, 0.2) is 30.3 Å². The monoisotopic (exact) mass is 330 g/mol. The Hall–Kier alpha value is -1.81. The summed E-state index contributed by atoms with van der Waals surface area (Å²) in [5.74, 6) is 1.75. The fourth-order valence-electron chi connectivity index (χ4n) is 2.89. The van der Waals surface area contributed by atoms with Crippen LogP contribution in [-0.4, -0.2) is 23.1 Å². The van der Waals surface area contributed by atoms with Crippen LogP contribution >= 0.6 is 11.6 Å². The maximum Gasteiger partial charge on any atom is 0.135 e. The van der Waals surface area contributed by atoms with Gasteiger partial charge < -0.3 is 10.2 Å². The topological polar surface area (TPSA) is 41.1 Å². The van der Waals surface area contributed by atoms with Crippen LogP contribution in [0.2, 0.25) is 5.15 Å². The predicted molar refractivity (Wildman–Crippen MR) is 96.9 cm³/mol. The Labute approximate surface area is 142 Å². The molecular formula is C18H23ClN4. The number of hydrogen-bond donors (Lipinski definition) is 1. The summed E-state index contributed by atoms with van der Waals surface area (Å²) in [6, 6.07) is 10.2. The van der Waals surface area contributed by atoms with Crippen molar-refractivity contribution in [3.8, 4) is 0 Å². The predicted octanol–water partition coefficient (Wildman–Crippen LogP) is 4.99. The van der Waals surface area contributed by atoms with Gasteiger partial charge in [-0.05, 0) is 31.4 Å². The van der Waals surface area contributed by atoms with Crippen molar-refractivity contribution in [2.45, 2.75) is 39.0 Å². The molecule has 0 bridgehead atoms. The standard InChI is InChI=1S/C18H23ClN4/c1-13(2)18-21-16(19)12-17(22-18)20-14-8-4-5-9-15(14)23-10-6-3-7-11-23/h4-5,8-9,12-13H,3,6-7,10-11H2,1-2H3,(H,20,21,22).